The molecule has 28 heavy (non-hydrogen) atoms. The van der Waals surface area contributed by atoms with Crippen LogP contribution in [0.2, 0.25) is 0 Å². The van der Waals surface area contributed by atoms with E-state index in [4.69, 9.17) is 22.8 Å². The summed E-state index contributed by atoms with van der Waals surface area (Å²) >= 11 is 5.23. The highest BCUT2D eigenvalue weighted by molar-refractivity contribution is 7.79. The van der Waals surface area contributed by atoms with Crippen molar-refractivity contribution < 1.29 is 14.9 Å². The van der Waals surface area contributed by atoms with Crippen molar-refractivity contribution in [3.63, 3.8) is 0 Å². The van der Waals surface area contributed by atoms with E-state index in [1.165, 1.54) is 22.7 Å². The van der Waals surface area contributed by atoms with Crippen molar-refractivity contribution in [2.75, 3.05) is 12.0 Å². The van der Waals surface area contributed by atoms with Crippen molar-refractivity contribution >= 4 is 29.2 Å². The number of nitrogens with two attached hydrogens (primary N) is 1. The Kier molecular flexibility index (Phi) is 5.86. The summed E-state index contributed by atoms with van der Waals surface area (Å²) in [6, 6.07) is 9.05. The highest BCUT2D eigenvalue weighted by atomic mass is 32.1. The largest absolute Gasteiger partial charge is 0.508 e. The molecular weight excluding hydrogens is 374 g/mol. The van der Waals surface area contributed by atoms with Crippen LogP contribution in [0.3, 0.4) is 0 Å². The van der Waals surface area contributed by atoms with Gasteiger partial charge in [-0.15, -0.1) is 0 Å². The molecule has 0 spiro atoms. The van der Waals surface area contributed by atoms with E-state index >= 15 is 0 Å². The van der Waals surface area contributed by atoms with Crippen LogP contribution in [0.4, 0.5) is 5.69 Å². The standard InChI is InChI=1S/C21H25N3O3S/c1-12(2)17-9-18(20(26)10-19(17)25)21(23-22)24(11-28)15-5-4-13-7-16(27-3)8-14(13)6-15/h4-6,9-12,16,25-26H,7-8,22H2,1-3H3/b23-21-. The Morgan fingerprint density at radius 1 is 1.21 bits per heavy atom. The SMILES string of the molecule is COC1Cc2ccc(N(C=S)/C(=N\N)c3cc(C(C)C)c(O)cc3O)cc2C1. The molecule has 0 heterocycles. The van der Waals surface area contributed by atoms with Gasteiger partial charge in [-0.25, -0.2) is 0 Å². The Hall–Kier alpha value is -2.64. The lowest BCUT2D eigenvalue weighted by molar-refractivity contribution is 0.112. The van der Waals surface area contributed by atoms with Crippen molar-refractivity contribution in [1.82, 2.24) is 0 Å². The molecule has 1 aliphatic rings. The Morgan fingerprint density at radius 2 is 1.93 bits per heavy atom. The predicted octanol–water partition coefficient (Wildman–Crippen LogP) is 3.42. The summed E-state index contributed by atoms with van der Waals surface area (Å²) in [6.45, 7) is 3.91. The summed E-state index contributed by atoms with van der Waals surface area (Å²) in [6.07, 6.45) is 1.91. The number of anilines is 1. The van der Waals surface area contributed by atoms with Gasteiger partial charge in [0.15, 0.2) is 5.84 Å². The summed E-state index contributed by atoms with van der Waals surface area (Å²) in [7, 11) is 1.72. The molecule has 0 amide bonds. The van der Waals surface area contributed by atoms with E-state index in [0.717, 1.165) is 18.5 Å². The number of phenolic OH excluding ortho intramolecular Hbond substituents is 2. The van der Waals surface area contributed by atoms with E-state index in [2.05, 4.69) is 11.2 Å². The zero-order valence-corrected chi connectivity index (χ0v) is 17.0. The molecule has 1 unspecified atom stereocenters. The van der Waals surface area contributed by atoms with Gasteiger partial charge in [0.2, 0.25) is 0 Å². The molecule has 0 bridgehead atoms. The average Bonchev–Trinajstić information content (AvgIpc) is 3.08. The van der Waals surface area contributed by atoms with Gasteiger partial charge < -0.3 is 20.8 Å². The molecule has 0 aliphatic heterocycles. The van der Waals surface area contributed by atoms with Crippen LogP contribution in [-0.4, -0.2) is 34.8 Å². The molecule has 6 nitrogen and oxygen atoms in total. The van der Waals surface area contributed by atoms with Crippen molar-refractivity contribution in [2.45, 2.75) is 38.7 Å². The number of rotatable bonds is 5. The number of phenols is 2. The lowest BCUT2D eigenvalue weighted by atomic mass is 9.98. The lowest BCUT2D eigenvalue weighted by Crippen LogP contribution is -2.31. The van der Waals surface area contributed by atoms with Gasteiger partial charge in [0.1, 0.15) is 11.5 Å². The van der Waals surface area contributed by atoms with Gasteiger partial charge in [0, 0.05) is 18.9 Å². The van der Waals surface area contributed by atoms with Crippen LogP contribution in [0.15, 0.2) is 35.4 Å². The Morgan fingerprint density at radius 3 is 2.54 bits per heavy atom. The monoisotopic (exact) mass is 399 g/mol. The highest BCUT2D eigenvalue weighted by Crippen LogP contribution is 2.34. The molecule has 3 rings (SSSR count). The first-order valence-corrected chi connectivity index (χ1v) is 9.60. The molecule has 7 heteroatoms. The predicted molar refractivity (Wildman–Crippen MR) is 115 cm³/mol. The van der Waals surface area contributed by atoms with Crippen LogP contribution >= 0.6 is 12.2 Å². The van der Waals surface area contributed by atoms with E-state index in [0.29, 0.717) is 17.0 Å². The third kappa shape index (κ3) is 3.68. The smallest absolute Gasteiger partial charge is 0.168 e. The molecule has 0 saturated carbocycles. The summed E-state index contributed by atoms with van der Waals surface area (Å²) in [5.74, 6) is 5.97. The molecule has 0 saturated heterocycles. The lowest BCUT2D eigenvalue weighted by Gasteiger charge is -2.23. The maximum absolute atomic E-state index is 10.4. The first kappa shape index (κ1) is 20.1. The molecule has 0 aromatic heterocycles. The molecule has 1 atom stereocenters. The molecule has 148 valence electrons. The molecule has 0 radical (unpaired) electrons. The van der Waals surface area contributed by atoms with Crippen LogP contribution in [0.1, 0.15) is 42.0 Å². The van der Waals surface area contributed by atoms with Crippen molar-refractivity contribution in [3.8, 4) is 11.5 Å². The molecule has 0 fully saturated rings. The Balaban J connectivity index is 2.03. The highest BCUT2D eigenvalue weighted by Gasteiger charge is 2.24. The number of nitrogens with zero attached hydrogens (tertiary/aromatic N) is 2. The number of fused-ring (bicyclic) bond motifs is 1. The van der Waals surface area contributed by atoms with E-state index in [-0.39, 0.29) is 23.5 Å². The molecule has 2 aromatic rings. The summed E-state index contributed by atoms with van der Waals surface area (Å²) in [5.41, 5.74) is 5.78. The normalized spacial score (nSPS) is 16.3. The fourth-order valence-corrected chi connectivity index (χ4v) is 3.83. The van der Waals surface area contributed by atoms with Crippen molar-refractivity contribution in [1.29, 1.82) is 0 Å². The zero-order chi connectivity index (χ0) is 20.4. The number of hydrogen-bond acceptors (Lipinski definition) is 6. The third-order valence-electron chi connectivity index (χ3n) is 5.16. The van der Waals surface area contributed by atoms with Gasteiger partial charge in [-0.3, -0.25) is 4.90 Å². The van der Waals surface area contributed by atoms with E-state index in [9.17, 15) is 10.2 Å². The number of methoxy groups -OCH3 is 1. The van der Waals surface area contributed by atoms with Crippen LogP contribution in [0.25, 0.3) is 0 Å². The van der Waals surface area contributed by atoms with Gasteiger partial charge >= 0.3 is 0 Å². The maximum Gasteiger partial charge on any atom is 0.168 e. The number of thiocarbonyl (C=S) groups is 1. The Labute approximate surface area is 170 Å². The molecule has 2 aromatic carbocycles. The molecule has 4 N–H and O–H groups in total. The summed E-state index contributed by atoms with van der Waals surface area (Å²) in [5, 5.41) is 24.4. The Bertz CT molecular complexity index is 927. The van der Waals surface area contributed by atoms with Crippen molar-refractivity contribution in [3.05, 3.63) is 52.6 Å². The number of ether oxygens (including phenoxy) is 1. The first-order valence-electron chi connectivity index (χ1n) is 9.12. The number of hydrogen-bond donors (Lipinski definition) is 3. The zero-order valence-electron chi connectivity index (χ0n) is 16.2. The minimum absolute atomic E-state index is 0.0321. The topological polar surface area (TPSA) is 91.3 Å². The van der Waals surface area contributed by atoms with Crippen LogP contribution in [0.5, 0.6) is 11.5 Å². The minimum Gasteiger partial charge on any atom is -0.508 e. The van der Waals surface area contributed by atoms with Gasteiger partial charge in [0.05, 0.1) is 17.2 Å². The van der Waals surface area contributed by atoms with E-state index in [1.54, 1.807) is 18.1 Å². The summed E-state index contributed by atoms with van der Waals surface area (Å²) < 4.78 is 5.48. The van der Waals surface area contributed by atoms with E-state index < -0.39 is 0 Å². The van der Waals surface area contributed by atoms with E-state index in [1.807, 2.05) is 26.0 Å². The van der Waals surface area contributed by atoms with Crippen LogP contribution < -0.4 is 10.7 Å². The van der Waals surface area contributed by atoms with Gasteiger partial charge in [-0.05, 0) is 53.6 Å². The van der Waals surface area contributed by atoms with Gasteiger partial charge in [-0.1, -0.05) is 32.1 Å². The summed E-state index contributed by atoms with van der Waals surface area (Å²) in [4.78, 5) is 1.66. The number of aromatic hydroxyl groups is 2. The fraction of sp³-hybridized carbons (Fsp3) is 0.333. The maximum atomic E-state index is 10.4. The number of amidine groups is 1. The van der Waals surface area contributed by atoms with Gasteiger partial charge in [-0.2, -0.15) is 5.10 Å². The quantitative estimate of drug-likeness (QED) is 0.235. The second-order valence-electron chi connectivity index (χ2n) is 7.23. The van der Waals surface area contributed by atoms with Gasteiger partial charge in [0.25, 0.3) is 0 Å². The first-order chi connectivity index (χ1) is 13.4. The van der Waals surface area contributed by atoms with Crippen LogP contribution in [0, 0.1) is 0 Å². The second-order valence-corrected chi connectivity index (χ2v) is 7.44. The number of benzene rings is 2. The fourth-order valence-electron chi connectivity index (χ4n) is 3.61. The number of hydrazone groups is 1. The minimum atomic E-state index is -0.117. The third-order valence-corrected chi connectivity index (χ3v) is 5.37. The molecule has 1 aliphatic carbocycles. The second kappa shape index (κ2) is 8.16. The van der Waals surface area contributed by atoms with Crippen molar-refractivity contribution in [2.24, 2.45) is 10.9 Å². The average molecular weight is 400 g/mol. The van der Waals surface area contributed by atoms with Crippen LogP contribution in [-0.2, 0) is 17.6 Å². The molecular formula is C21H25N3O3S.